The number of nitrogens with two attached hydrogens (primary N) is 1. The van der Waals surface area contributed by atoms with E-state index >= 15 is 0 Å². The SMILES string of the molecule is NC(=O)CCN(C(=O)c1cc(-c2ccccc2)nn1-c1ccccc1)c1ccccc1. The summed E-state index contributed by atoms with van der Waals surface area (Å²) < 4.78 is 1.64. The lowest BCUT2D eigenvalue weighted by molar-refractivity contribution is -0.117. The van der Waals surface area contributed by atoms with Gasteiger partial charge in [-0.15, -0.1) is 0 Å². The van der Waals surface area contributed by atoms with Gasteiger partial charge in [-0.2, -0.15) is 5.10 Å². The molecule has 1 heterocycles. The normalized spacial score (nSPS) is 10.6. The van der Waals surface area contributed by atoms with Crippen molar-refractivity contribution >= 4 is 17.5 Å². The van der Waals surface area contributed by atoms with Crippen LogP contribution in [0.15, 0.2) is 97.1 Å². The summed E-state index contributed by atoms with van der Waals surface area (Å²) in [5, 5.41) is 4.72. The molecule has 1 aromatic heterocycles. The van der Waals surface area contributed by atoms with Crippen molar-refractivity contribution in [3.05, 3.63) is 103 Å². The smallest absolute Gasteiger partial charge is 0.277 e. The van der Waals surface area contributed by atoms with Gasteiger partial charge < -0.3 is 10.6 Å². The van der Waals surface area contributed by atoms with Gasteiger partial charge in [-0.1, -0.05) is 66.7 Å². The molecule has 2 amide bonds. The highest BCUT2D eigenvalue weighted by Crippen LogP contribution is 2.24. The molecule has 0 spiro atoms. The molecule has 6 nitrogen and oxygen atoms in total. The predicted octanol–water partition coefficient (Wildman–Crippen LogP) is 4.06. The number of benzene rings is 3. The molecule has 154 valence electrons. The molecule has 3 aromatic carbocycles. The molecule has 2 N–H and O–H groups in total. The van der Waals surface area contributed by atoms with E-state index in [1.807, 2.05) is 91.0 Å². The van der Waals surface area contributed by atoms with Gasteiger partial charge in [-0.3, -0.25) is 9.59 Å². The van der Waals surface area contributed by atoms with Crippen molar-refractivity contribution in [2.45, 2.75) is 6.42 Å². The molecule has 0 atom stereocenters. The first-order valence-corrected chi connectivity index (χ1v) is 9.99. The summed E-state index contributed by atoms with van der Waals surface area (Å²) in [6.45, 7) is 0.179. The minimum atomic E-state index is -0.463. The van der Waals surface area contributed by atoms with Crippen LogP contribution in [0.4, 0.5) is 5.69 Å². The highest BCUT2D eigenvalue weighted by atomic mass is 16.2. The van der Waals surface area contributed by atoms with Crippen molar-refractivity contribution in [3.63, 3.8) is 0 Å². The molecule has 0 saturated heterocycles. The number of para-hydroxylation sites is 2. The Balaban J connectivity index is 1.81. The van der Waals surface area contributed by atoms with Crippen molar-refractivity contribution in [1.82, 2.24) is 9.78 Å². The number of nitrogens with zero attached hydrogens (tertiary/aromatic N) is 3. The lowest BCUT2D eigenvalue weighted by Gasteiger charge is -2.22. The third kappa shape index (κ3) is 4.53. The molecule has 0 aliphatic heterocycles. The number of aromatic nitrogens is 2. The zero-order valence-corrected chi connectivity index (χ0v) is 16.9. The molecular weight excluding hydrogens is 388 g/mol. The first-order chi connectivity index (χ1) is 15.1. The van der Waals surface area contributed by atoms with E-state index in [0.717, 1.165) is 11.3 Å². The van der Waals surface area contributed by atoms with Crippen molar-refractivity contribution < 1.29 is 9.59 Å². The van der Waals surface area contributed by atoms with Crippen LogP contribution in [0.1, 0.15) is 16.9 Å². The zero-order valence-electron chi connectivity index (χ0n) is 16.9. The van der Waals surface area contributed by atoms with Gasteiger partial charge >= 0.3 is 0 Å². The summed E-state index contributed by atoms with van der Waals surface area (Å²) in [6, 6.07) is 30.2. The molecule has 0 radical (unpaired) electrons. The van der Waals surface area contributed by atoms with Crippen molar-refractivity contribution in [3.8, 4) is 16.9 Å². The van der Waals surface area contributed by atoms with E-state index in [4.69, 9.17) is 10.8 Å². The van der Waals surface area contributed by atoms with E-state index in [1.165, 1.54) is 0 Å². The highest BCUT2D eigenvalue weighted by molar-refractivity contribution is 6.06. The molecule has 0 aliphatic rings. The van der Waals surface area contributed by atoms with E-state index in [-0.39, 0.29) is 18.9 Å². The van der Waals surface area contributed by atoms with Crippen LogP contribution >= 0.6 is 0 Å². The lowest BCUT2D eigenvalue weighted by atomic mass is 10.1. The quantitative estimate of drug-likeness (QED) is 0.499. The minimum Gasteiger partial charge on any atom is -0.370 e. The minimum absolute atomic E-state index is 0.0612. The van der Waals surface area contributed by atoms with Gasteiger partial charge in [0.25, 0.3) is 5.91 Å². The van der Waals surface area contributed by atoms with Gasteiger partial charge in [-0.05, 0) is 30.3 Å². The van der Waals surface area contributed by atoms with Crippen molar-refractivity contribution in [2.75, 3.05) is 11.4 Å². The maximum absolute atomic E-state index is 13.7. The van der Waals surface area contributed by atoms with Crippen LogP contribution in [0.25, 0.3) is 16.9 Å². The average molecular weight is 410 g/mol. The van der Waals surface area contributed by atoms with Crippen LogP contribution in [0, 0.1) is 0 Å². The predicted molar refractivity (Wildman–Crippen MR) is 121 cm³/mol. The van der Waals surface area contributed by atoms with Crippen LogP contribution in [0.5, 0.6) is 0 Å². The topological polar surface area (TPSA) is 81.2 Å². The molecule has 31 heavy (non-hydrogen) atoms. The third-order valence-corrected chi connectivity index (χ3v) is 4.89. The van der Waals surface area contributed by atoms with Gasteiger partial charge in [0, 0.05) is 24.2 Å². The fourth-order valence-electron chi connectivity index (χ4n) is 3.37. The summed E-state index contributed by atoms with van der Waals surface area (Å²) in [7, 11) is 0. The van der Waals surface area contributed by atoms with E-state index in [0.29, 0.717) is 17.1 Å². The summed E-state index contributed by atoms with van der Waals surface area (Å²) in [5.41, 5.74) is 8.83. The summed E-state index contributed by atoms with van der Waals surface area (Å²) >= 11 is 0. The van der Waals surface area contributed by atoms with Gasteiger partial charge in [0.2, 0.25) is 5.91 Å². The van der Waals surface area contributed by atoms with Crippen LogP contribution < -0.4 is 10.6 Å². The van der Waals surface area contributed by atoms with E-state index in [2.05, 4.69) is 0 Å². The van der Waals surface area contributed by atoms with E-state index in [1.54, 1.807) is 15.6 Å². The second-order valence-electron chi connectivity index (χ2n) is 7.04. The number of carbonyl (C=O) groups is 2. The molecule has 0 saturated carbocycles. The van der Waals surface area contributed by atoms with Crippen LogP contribution in [-0.4, -0.2) is 28.1 Å². The van der Waals surface area contributed by atoms with Gasteiger partial charge in [0.05, 0.1) is 11.4 Å². The Morgan fingerprint density at radius 2 is 1.42 bits per heavy atom. The van der Waals surface area contributed by atoms with Crippen molar-refractivity contribution in [1.29, 1.82) is 0 Å². The van der Waals surface area contributed by atoms with Gasteiger partial charge in [-0.25, -0.2) is 4.68 Å². The maximum Gasteiger partial charge on any atom is 0.277 e. The zero-order chi connectivity index (χ0) is 21.6. The molecule has 0 unspecified atom stereocenters. The molecule has 0 aliphatic carbocycles. The Morgan fingerprint density at radius 1 is 0.839 bits per heavy atom. The lowest BCUT2D eigenvalue weighted by Crippen LogP contribution is -2.35. The summed E-state index contributed by atoms with van der Waals surface area (Å²) in [4.78, 5) is 26.7. The standard InChI is InChI=1S/C25H22N4O2/c26-24(30)16-17-28(20-12-6-2-7-13-20)25(31)23-18-22(19-10-4-1-5-11-19)27-29(23)21-14-8-3-9-15-21/h1-15,18H,16-17H2,(H2,26,30). The first-order valence-electron chi connectivity index (χ1n) is 9.99. The Kier molecular flexibility index (Phi) is 5.89. The van der Waals surface area contributed by atoms with Crippen LogP contribution in [0.2, 0.25) is 0 Å². The number of carbonyl (C=O) groups excluding carboxylic acids is 2. The number of hydrogen-bond donors (Lipinski definition) is 1. The fraction of sp³-hybridized carbons (Fsp3) is 0.0800. The largest absolute Gasteiger partial charge is 0.370 e. The molecule has 4 aromatic rings. The third-order valence-electron chi connectivity index (χ3n) is 4.89. The number of anilines is 1. The summed E-state index contributed by atoms with van der Waals surface area (Å²) in [6.07, 6.45) is 0.0612. The highest BCUT2D eigenvalue weighted by Gasteiger charge is 2.24. The molecule has 0 bridgehead atoms. The first kappa shape index (κ1) is 20.1. The van der Waals surface area contributed by atoms with E-state index < -0.39 is 5.91 Å². The van der Waals surface area contributed by atoms with Crippen LogP contribution in [0.3, 0.4) is 0 Å². The number of hydrogen-bond acceptors (Lipinski definition) is 3. The molecule has 4 rings (SSSR count). The Bertz CT molecular complexity index is 1170. The number of amides is 2. The number of rotatable bonds is 7. The molecular formula is C25H22N4O2. The maximum atomic E-state index is 13.7. The van der Waals surface area contributed by atoms with Gasteiger partial charge in [0.1, 0.15) is 5.69 Å². The average Bonchev–Trinajstić information content (AvgIpc) is 3.26. The fourth-order valence-corrected chi connectivity index (χ4v) is 3.37. The monoisotopic (exact) mass is 410 g/mol. The Hall–Kier alpha value is -4.19. The summed E-state index contributed by atoms with van der Waals surface area (Å²) in [5.74, 6) is -0.721. The number of primary amides is 1. The second-order valence-corrected chi connectivity index (χ2v) is 7.04. The molecule has 0 fully saturated rings. The molecule has 6 heteroatoms. The van der Waals surface area contributed by atoms with Gasteiger partial charge in [0.15, 0.2) is 0 Å². The Labute approximate surface area is 180 Å². The Morgan fingerprint density at radius 3 is 2.03 bits per heavy atom. The van der Waals surface area contributed by atoms with Crippen LogP contribution in [-0.2, 0) is 4.79 Å². The van der Waals surface area contributed by atoms with E-state index in [9.17, 15) is 9.59 Å². The second kappa shape index (κ2) is 9.09. The van der Waals surface area contributed by atoms with Crippen molar-refractivity contribution in [2.24, 2.45) is 5.73 Å².